The first-order chi connectivity index (χ1) is 14.0. The van der Waals surface area contributed by atoms with E-state index in [1.807, 2.05) is 4.72 Å². The van der Waals surface area contributed by atoms with Gasteiger partial charge >= 0.3 is 6.18 Å². The molecule has 0 bridgehead atoms. The second-order valence-electron chi connectivity index (χ2n) is 6.25. The van der Waals surface area contributed by atoms with Crippen molar-refractivity contribution in [3.8, 4) is 11.5 Å². The number of carbonyl (C=O) groups excluding carboxylic acids is 1. The zero-order chi connectivity index (χ0) is 22.5. The molecule has 0 aromatic heterocycles. The molecule has 11 heteroatoms. The summed E-state index contributed by atoms with van der Waals surface area (Å²) in [6, 6.07) is 7.73. The van der Waals surface area contributed by atoms with Gasteiger partial charge in [-0.1, -0.05) is 6.07 Å². The van der Waals surface area contributed by atoms with Gasteiger partial charge < -0.3 is 14.8 Å². The van der Waals surface area contributed by atoms with Gasteiger partial charge in [0.25, 0.3) is 0 Å². The highest BCUT2D eigenvalue weighted by Gasteiger charge is 2.31. The van der Waals surface area contributed by atoms with Crippen LogP contribution in [0.2, 0.25) is 0 Å². The van der Waals surface area contributed by atoms with Crippen molar-refractivity contribution >= 4 is 15.9 Å². The highest BCUT2D eigenvalue weighted by molar-refractivity contribution is 7.89. The van der Waals surface area contributed by atoms with Gasteiger partial charge in [-0.2, -0.15) is 13.2 Å². The molecule has 30 heavy (non-hydrogen) atoms. The molecule has 0 saturated carbocycles. The first-order valence-corrected chi connectivity index (χ1v) is 10.1. The molecule has 0 saturated heterocycles. The van der Waals surface area contributed by atoms with E-state index in [2.05, 4.69) is 5.32 Å². The molecular formula is C19H21F3N2O5S. The van der Waals surface area contributed by atoms with Crippen molar-refractivity contribution in [2.24, 2.45) is 0 Å². The van der Waals surface area contributed by atoms with Gasteiger partial charge in [0.1, 0.15) is 11.5 Å². The summed E-state index contributed by atoms with van der Waals surface area (Å²) in [5.41, 5.74) is -0.470. The van der Waals surface area contributed by atoms with Gasteiger partial charge in [0.05, 0.1) is 37.3 Å². The predicted molar refractivity (Wildman–Crippen MR) is 103 cm³/mol. The molecule has 0 heterocycles. The number of sulfonamides is 1. The summed E-state index contributed by atoms with van der Waals surface area (Å²) >= 11 is 0. The molecule has 1 amide bonds. The molecule has 2 aromatic rings. The summed E-state index contributed by atoms with van der Waals surface area (Å²) < 4.78 is 75.2. The third-order valence-corrected chi connectivity index (χ3v) is 5.58. The molecule has 1 unspecified atom stereocenters. The Morgan fingerprint density at radius 2 is 1.80 bits per heavy atom. The van der Waals surface area contributed by atoms with Crippen LogP contribution in [0.4, 0.5) is 13.2 Å². The van der Waals surface area contributed by atoms with Crippen molar-refractivity contribution < 1.29 is 35.9 Å². The van der Waals surface area contributed by atoms with Crippen LogP contribution in [0.1, 0.15) is 24.1 Å². The molecule has 0 spiro atoms. The fraction of sp³-hybridized carbons (Fsp3) is 0.316. The minimum atomic E-state index is -4.68. The van der Waals surface area contributed by atoms with Gasteiger partial charge in [-0.25, -0.2) is 13.1 Å². The van der Waals surface area contributed by atoms with Crippen molar-refractivity contribution in [2.75, 3.05) is 20.8 Å². The van der Waals surface area contributed by atoms with E-state index in [9.17, 15) is 26.4 Å². The maximum Gasteiger partial charge on any atom is 0.416 e. The van der Waals surface area contributed by atoms with E-state index in [1.54, 1.807) is 25.1 Å². The smallest absolute Gasteiger partial charge is 0.416 e. The van der Waals surface area contributed by atoms with Crippen LogP contribution in [0, 0.1) is 0 Å². The van der Waals surface area contributed by atoms with Gasteiger partial charge in [0.15, 0.2) is 0 Å². The number of ether oxygens (including phenoxy) is 2. The molecule has 0 radical (unpaired) electrons. The third kappa shape index (κ3) is 5.86. The lowest BCUT2D eigenvalue weighted by Crippen LogP contribution is -2.38. The molecule has 7 nitrogen and oxygen atoms in total. The number of benzene rings is 2. The molecule has 164 valence electrons. The number of carbonyl (C=O) groups is 1. The zero-order valence-corrected chi connectivity index (χ0v) is 17.2. The molecule has 2 rings (SSSR count). The topological polar surface area (TPSA) is 93.7 Å². The molecule has 2 aromatic carbocycles. The Labute approximate surface area is 172 Å². The Morgan fingerprint density at radius 1 is 1.10 bits per heavy atom. The van der Waals surface area contributed by atoms with Crippen molar-refractivity contribution in [1.29, 1.82) is 0 Å². The standard InChI is InChI=1S/C19H21F3N2O5S/c1-12(16-8-7-14(28-2)10-17(16)29-3)24-18(25)11-23-30(26,27)15-6-4-5-13(9-15)19(20,21)22/h4-10,12,23H,11H2,1-3H3,(H,24,25). The van der Waals surface area contributed by atoms with Gasteiger partial charge in [-0.15, -0.1) is 0 Å². The number of methoxy groups -OCH3 is 2. The zero-order valence-electron chi connectivity index (χ0n) is 16.4. The maximum atomic E-state index is 12.8. The molecule has 2 N–H and O–H groups in total. The van der Waals surface area contributed by atoms with Gasteiger partial charge in [-0.3, -0.25) is 4.79 Å². The van der Waals surface area contributed by atoms with Crippen LogP contribution in [0.5, 0.6) is 11.5 Å². The lowest BCUT2D eigenvalue weighted by molar-refractivity contribution is -0.137. The highest BCUT2D eigenvalue weighted by Crippen LogP contribution is 2.31. The number of alkyl halides is 3. The van der Waals surface area contributed by atoms with E-state index >= 15 is 0 Å². The number of hydrogen-bond donors (Lipinski definition) is 2. The van der Waals surface area contributed by atoms with Crippen molar-refractivity contribution in [1.82, 2.24) is 10.0 Å². The summed E-state index contributed by atoms with van der Waals surface area (Å²) in [6.07, 6.45) is -4.68. The van der Waals surface area contributed by atoms with Crippen LogP contribution in [-0.2, 0) is 21.0 Å². The quantitative estimate of drug-likeness (QED) is 0.651. The van der Waals surface area contributed by atoms with Crippen molar-refractivity contribution in [3.05, 3.63) is 53.6 Å². The van der Waals surface area contributed by atoms with Crippen molar-refractivity contribution in [2.45, 2.75) is 24.0 Å². The summed E-state index contributed by atoms with van der Waals surface area (Å²) in [5.74, 6) is 0.352. The van der Waals surface area contributed by atoms with E-state index in [1.165, 1.54) is 14.2 Å². The fourth-order valence-corrected chi connectivity index (χ4v) is 3.66. The number of halogens is 3. The number of hydrogen-bond acceptors (Lipinski definition) is 5. The minimum absolute atomic E-state index is 0.465. The van der Waals surface area contributed by atoms with Gasteiger partial charge in [-0.05, 0) is 37.3 Å². The lowest BCUT2D eigenvalue weighted by atomic mass is 10.1. The van der Waals surface area contributed by atoms with E-state index in [4.69, 9.17) is 9.47 Å². The molecule has 0 fully saturated rings. The number of rotatable bonds is 8. The van der Waals surface area contributed by atoms with E-state index < -0.39 is 45.2 Å². The first kappa shape index (κ1) is 23.5. The molecule has 0 aliphatic rings. The number of amides is 1. The van der Waals surface area contributed by atoms with Crippen LogP contribution in [0.25, 0.3) is 0 Å². The van der Waals surface area contributed by atoms with Crippen LogP contribution < -0.4 is 19.5 Å². The summed E-state index contributed by atoms with van der Waals surface area (Å²) in [4.78, 5) is 11.6. The van der Waals surface area contributed by atoms with E-state index in [0.29, 0.717) is 23.1 Å². The van der Waals surface area contributed by atoms with E-state index in [-0.39, 0.29) is 0 Å². The maximum absolute atomic E-state index is 12.8. The third-order valence-electron chi connectivity index (χ3n) is 4.18. The Hall–Kier alpha value is -2.79. The Kier molecular flexibility index (Phi) is 7.32. The predicted octanol–water partition coefficient (Wildman–Crippen LogP) is 2.88. The average molecular weight is 446 g/mol. The molecule has 1 atom stereocenters. The Bertz CT molecular complexity index is 1010. The SMILES string of the molecule is COc1ccc(C(C)NC(=O)CNS(=O)(=O)c2cccc(C(F)(F)F)c2)c(OC)c1. The largest absolute Gasteiger partial charge is 0.497 e. The molecule has 0 aliphatic heterocycles. The molecular weight excluding hydrogens is 425 g/mol. The second-order valence-corrected chi connectivity index (χ2v) is 8.01. The summed E-state index contributed by atoms with van der Waals surface area (Å²) in [7, 11) is -1.36. The average Bonchev–Trinajstić information content (AvgIpc) is 2.71. The first-order valence-electron chi connectivity index (χ1n) is 8.66. The van der Waals surface area contributed by atoms with Crippen LogP contribution in [-0.4, -0.2) is 35.1 Å². The monoisotopic (exact) mass is 446 g/mol. The molecule has 0 aliphatic carbocycles. The summed E-state index contributed by atoms with van der Waals surface area (Å²) in [5, 5.41) is 2.60. The van der Waals surface area contributed by atoms with Crippen LogP contribution in [0.15, 0.2) is 47.4 Å². The second kappa shape index (κ2) is 9.35. The minimum Gasteiger partial charge on any atom is -0.497 e. The van der Waals surface area contributed by atoms with Crippen molar-refractivity contribution in [3.63, 3.8) is 0 Å². The number of nitrogens with one attached hydrogen (secondary N) is 2. The Balaban J connectivity index is 2.05. The van der Waals surface area contributed by atoms with Gasteiger partial charge in [0.2, 0.25) is 15.9 Å². The summed E-state index contributed by atoms with van der Waals surface area (Å²) in [6.45, 7) is 1.02. The lowest BCUT2D eigenvalue weighted by Gasteiger charge is -2.18. The highest BCUT2D eigenvalue weighted by atomic mass is 32.2. The normalized spacial score (nSPS) is 12.9. The fourth-order valence-electron chi connectivity index (χ4n) is 2.63. The van der Waals surface area contributed by atoms with E-state index in [0.717, 1.165) is 18.2 Å². The van der Waals surface area contributed by atoms with Crippen LogP contribution >= 0.6 is 0 Å². The Morgan fingerprint density at radius 3 is 2.40 bits per heavy atom. The van der Waals surface area contributed by atoms with Gasteiger partial charge in [0, 0.05) is 11.6 Å². The van der Waals surface area contributed by atoms with Crippen LogP contribution in [0.3, 0.4) is 0 Å².